The maximum absolute atomic E-state index is 13.1. The molecule has 2 aromatic carbocycles. The third-order valence-corrected chi connectivity index (χ3v) is 8.52. The molecule has 1 amide bonds. The van der Waals surface area contributed by atoms with E-state index in [-0.39, 0.29) is 17.3 Å². The summed E-state index contributed by atoms with van der Waals surface area (Å²) in [4.78, 5) is 18.1. The number of hydrogen-bond donors (Lipinski definition) is 1. The van der Waals surface area contributed by atoms with E-state index < -0.39 is 10.0 Å². The number of likely N-dealkylation sites (tertiary alicyclic amines) is 1. The van der Waals surface area contributed by atoms with E-state index in [0.717, 1.165) is 30.1 Å². The fraction of sp³-hybridized carbons (Fsp3) is 0.480. The van der Waals surface area contributed by atoms with Crippen molar-refractivity contribution >= 4 is 27.7 Å². The zero-order valence-electron chi connectivity index (χ0n) is 19.7. The van der Waals surface area contributed by atoms with Crippen LogP contribution in [0.2, 0.25) is 0 Å². The van der Waals surface area contributed by atoms with Crippen molar-refractivity contribution < 1.29 is 17.9 Å². The second-order valence-corrected chi connectivity index (χ2v) is 11.4. The summed E-state index contributed by atoms with van der Waals surface area (Å²) in [5.74, 6) is -0.157. The molecule has 184 valence electrons. The molecule has 1 N–H and O–H groups in total. The molecule has 2 saturated heterocycles. The van der Waals surface area contributed by atoms with Gasteiger partial charge in [-0.2, -0.15) is 0 Å². The maximum atomic E-state index is 13.1. The van der Waals surface area contributed by atoms with Gasteiger partial charge >= 0.3 is 0 Å². The first-order valence-corrected chi connectivity index (χ1v) is 14.5. The molecule has 0 radical (unpaired) electrons. The summed E-state index contributed by atoms with van der Waals surface area (Å²) in [6.07, 6.45) is 5.67. The number of nitrogens with one attached hydrogen (secondary N) is 1. The minimum Gasteiger partial charge on any atom is -0.378 e. The molecule has 0 saturated carbocycles. The Labute approximate surface area is 206 Å². The number of morpholine rings is 1. The highest BCUT2D eigenvalue weighted by Crippen LogP contribution is 2.26. The Morgan fingerprint density at radius 3 is 2.47 bits per heavy atom. The van der Waals surface area contributed by atoms with E-state index in [9.17, 15) is 13.2 Å². The number of thioether (sulfide) groups is 1. The van der Waals surface area contributed by atoms with Gasteiger partial charge in [0.1, 0.15) is 0 Å². The molecule has 0 unspecified atom stereocenters. The molecule has 2 aromatic rings. The van der Waals surface area contributed by atoms with E-state index >= 15 is 0 Å². The second-order valence-electron chi connectivity index (χ2n) is 8.75. The third kappa shape index (κ3) is 6.40. The number of benzene rings is 2. The molecule has 2 fully saturated rings. The SMILES string of the molecule is CSc1ccc(S(=O)(=O)NCc2cccc(CN3CCCCC3)c2)cc1C(=O)N1CCOCC1. The maximum Gasteiger partial charge on any atom is 0.255 e. The van der Waals surface area contributed by atoms with Gasteiger partial charge in [0.05, 0.1) is 23.7 Å². The molecule has 0 aromatic heterocycles. The van der Waals surface area contributed by atoms with E-state index in [1.807, 2.05) is 18.4 Å². The molecule has 2 aliphatic rings. The van der Waals surface area contributed by atoms with Crippen LogP contribution in [0.3, 0.4) is 0 Å². The zero-order chi connectivity index (χ0) is 24.0. The van der Waals surface area contributed by atoms with Crippen molar-refractivity contribution in [2.45, 2.75) is 42.1 Å². The number of carbonyl (C=O) groups excluding carboxylic acids is 1. The van der Waals surface area contributed by atoms with Crippen LogP contribution in [0.25, 0.3) is 0 Å². The van der Waals surface area contributed by atoms with Gasteiger partial charge in [0, 0.05) is 31.1 Å². The van der Waals surface area contributed by atoms with Crippen molar-refractivity contribution in [1.29, 1.82) is 0 Å². The number of ether oxygens (including phenoxy) is 1. The van der Waals surface area contributed by atoms with Crippen molar-refractivity contribution in [2.24, 2.45) is 0 Å². The largest absolute Gasteiger partial charge is 0.378 e. The van der Waals surface area contributed by atoms with Gasteiger partial charge in [-0.3, -0.25) is 9.69 Å². The quantitative estimate of drug-likeness (QED) is 0.557. The van der Waals surface area contributed by atoms with E-state index in [2.05, 4.69) is 21.8 Å². The Balaban J connectivity index is 1.46. The Morgan fingerprint density at radius 1 is 1.00 bits per heavy atom. The fourth-order valence-electron chi connectivity index (χ4n) is 4.43. The molecule has 0 spiro atoms. The van der Waals surface area contributed by atoms with Gasteiger partial charge in [0.25, 0.3) is 5.91 Å². The Kier molecular flexibility index (Phi) is 8.65. The van der Waals surface area contributed by atoms with Gasteiger partial charge in [-0.05, 0) is 61.5 Å². The van der Waals surface area contributed by atoms with Gasteiger partial charge in [-0.15, -0.1) is 11.8 Å². The van der Waals surface area contributed by atoms with Crippen LogP contribution in [-0.2, 0) is 27.8 Å². The molecule has 0 bridgehead atoms. The summed E-state index contributed by atoms with van der Waals surface area (Å²) in [7, 11) is -3.78. The minimum absolute atomic E-state index is 0.103. The lowest BCUT2D eigenvalue weighted by Crippen LogP contribution is -2.41. The van der Waals surface area contributed by atoms with E-state index in [1.54, 1.807) is 17.0 Å². The highest BCUT2D eigenvalue weighted by molar-refractivity contribution is 7.98. The van der Waals surface area contributed by atoms with Crippen LogP contribution < -0.4 is 4.72 Å². The number of carbonyl (C=O) groups is 1. The summed E-state index contributed by atoms with van der Waals surface area (Å²) >= 11 is 1.44. The van der Waals surface area contributed by atoms with Crippen LogP contribution in [0.4, 0.5) is 0 Å². The first kappa shape index (κ1) is 25.2. The normalized spacial score (nSPS) is 17.6. The average molecular weight is 504 g/mol. The molecule has 2 aliphatic heterocycles. The van der Waals surface area contributed by atoms with E-state index in [4.69, 9.17) is 4.74 Å². The number of rotatable bonds is 8. The molecular formula is C25H33N3O4S2. The second kappa shape index (κ2) is 11.7. The monoisotopic (exact) mass is 503 g/mol. The summed E-state index contributed by atoms with van der Waals surface area (Å²) in [5, 5.41) is 0. The van der Waals surface area contributed by atoms with E-state index in [1.165, 1.54) is 42.7 Å². The topological polar surface area (TPSA) is 79.0 Å². The lowest BCUT2D eigenvalue weighted by Gasteiger charge is -2.27. The van der Waals surface area contributed by atoms with Crippen LogP contribution in [-0.4, -0.2) is 69.8 Å². The summed E-state index contributed by atoms with van der Waals surface area (Å²) in [6, 6.07) is 12.9. The number of piperidine rings is 1. The fourth-order valence-corrected chi connectivity index (χ4v) is 6.05. The predicted molar refractivity (Wildman–Crippen MR) is 135 cm³/mol. The van der Waals surface area contributed by atoms with Crippen molar-refractivity contribution in [3.05, 3.63) is 59.2 Å². The van der Waals surface area contributed by atoms with Crippen LogP contribution in [0, 0.1) is 0 Å². The molecule has 0 aliphatic carbocycles. The lowest BCUT2D eigenvalue weighted by atomic mass is 10.1. The zero-order valence-corrected chi connectivity index (χ0v) is 21.3. The Hall–Kier alpha value is -1.91. The molecule has 7 nitrogen and oxygen atoms in total. The minimum atomic E-state index is -3.78. The molecule has 0 atom stereocenters. The number of nitrogens with zero attached hydrogens (tertiary/aromatic N) is 2. The van der Waals surface area contributed by atoms with Crippen LogP contribution in [0.15, 0.2) is 52.3 Å². The van der Waals surface area contributed by atoms with Gasteiger partial charge in [-0.1, -0.05) is 30.7 Å². The van der Waals surface area contributed by atoms with Crippen LogP contribution in [0.1, 0.15) is 40.7 Å². The highest BCUT2D eigenvalue weighted by atomic mass is 32.2. The summed E-state index contributed by atoms with van der Waals surface area (Å²) < 4.78 is 34.2. The molecule has 9 heteroatoms. The number of sulfonamides is 1. The van der Waals surface area contributed by atoms with Crippen molar-refractivity contribution in [3.63, 3.8) is 0 Å². The molecule has 2 heterocycles. The highest BCUT2D eigenvalue weighted by Gasteiger charge is 2.24. The molecular weight excluding hydrogens is 470 g/mol. The third-order valence-electron chi connectivity index (χ3n) is 6.32. The number of amides is 1. The van der Waals surface area contributed by atoms with Crippen molar-refractivity contribution in [1.82, 2.24) is 14.5 Å². The van der Waals surface area contributed by atoms with E-state index in [0.29, 0.717) is 31.9 Å². The summed E-state index contributed by atoms with van der Waals surface area (Å²) in [6.45, 7) is 5.35. The Bertz CT molecular complexity index is 1100. The Morgan fingerprint density at radius 2 is 1.74 bits per heavy atom. The standard InChI is InChI=1S/C25H33N3O4S2/c1-33-24-9-8-22(17-23(24)25(29)28-12-14-32-15-13-28)34(30,31)26-18-20-6-5-7-21(16-20)19-27-10-3-2-4-11-27/h5-9,16-17,26H,2-4,10-15,18-19H2,1H3. The number of hydrogen-bond acceptors (Lipinski definition) is 6. The molecule has 4 rings (SSSR count). The van der Waals surface area contributed by atoms with Crippen molar-refractivity contribution in [2.75, 3.05) is 45.6 Å². The van der Waals surface area contributed by atoms with Gasteiger partial charge in [-0.25, -0.2) is 13.1 Å². The smallest absolute Gasteiger partial charge is 0.255 e. The van der Waals surface area contributed by atoms with Crippen molar-refractivity contribution in [3.8, 4) is 0 Å². The lowest BCUT2D eigenvalue weighted by molar-refractivity contribution is 0.0300. The summed E-state index contributed by atoms with van der Waals surface area (Å²) in [5.41, 5.74) is 2.53. The predicted octanol–water partition coefficient (Wildman–Crippen LogP) is 3.35. The first-order valence-electron chi connectivity index (χ1n) is 11.8. The first-order chi connectivity index (χ1) is 16.5. The van der Waals surface area contributed by atoms with Gasteiger partial charge in [0.15, 0.2) is 0 Å². The molecule has 34 heavy (non-hydrogen) atoms. The van der Waals surface area contributed by atoms with Crippen LogP contribution in [0.5, 0.6) is 0 Å². The van der Waals surface area contributed by atoms with Crippen LogP contribution >= 0.6 is 11.8 Å². The average Bonchev–Trinajstić information content (AvgIpc) is 2.88. The van der Waals surface area contributed by atoms with Gasteiger partial charge in [0.2, 0.25) is 10.0 Å². The van der Waals surface area contributed by atoms with Gasteiger partial charge < -0.3 is 9.64 Å².